The van der Waals surface area contributed by atoms with Gasteiger partial charge in [0, 0.05) is 50.1 Å². The second-order valence-electron chi connectivity index (χ2n) is 12.4. The first-order valence-electron chi connectivity index (χ1n) is 15.9. The van der Waals surface area contributed by atoms with E-state index in [9.17, 15) is 15.0 Å². The van der Waals surface area contributed by atoms with Crippen molar-refractivity contribution >= 4 is 17.5 Å². The average molecular weight is 641 g/mol. The van der Waals surface area contributed by atoms with Crippen LogP contribution in [0.3, 0.4) is 0 Å². The number of aliphatic hydroxyl groups excluding tert-OH is 1. The molecule has 0 bridgehead atoms. The number of halogens is 1. The van der Waals surface area contributed by atoms with Crippen LogP contribution in [0.1, 0.15) is 66.4 Å². The highest BCUT2D eigenvalue weighted by Gasteiger charge is 2.37. The van der Waals surface area contributed by atoms with Crippen LogP contribution in [0, 0.1) is 0 Å². The number of amides is 1. The number of benzene rings is 4. The maximum Gasteiger partial charge on any atom is 0.217 e. The van der Waals surface area contributed by atoms with Gasteiger partial charge in [0.05, 0.1) is 24.4 Å². The number of carbonyl (C=O) groups excluding carboxylic acids is 1. The smallest absolute Gasteiger partial charge is 0.217 e. The molecule has 2 saturated heterocycles. The minimum atomic E-state index is -0.859. The summed E-state index contributed by atoms with van der Waals surface area (Å²) in [7, 11) is 0. The van der Waals surface area contributed by atoms with Crippen molar-refractivity contribution in [1.29, 1.82) is 0 Å². The topological polar surface area (TPSA) is 91.3 Å². The van der Waals surface area contributed by atoms with Crippen molar-refractivity contribution in [3.63, 3.8) is 0 Å². The molecule has 7 nitrogen and oxygen atoms in total. The number of rotatable bonds is 9. The van der Waals surface area contributed by atoms with E-state index in [2.05, 4.69) is 46.6 Å². The van der Waals surface area contributed by atoms with Crippen molar-refractivity contribution in [2.75, 3.05) is 19.6 Å². The second kappa shape index (κ2) is 14.5. The van der Waals surface area contributed by atoms with Crippen molar-refractivity contribution in [2.45, 2.75) is 63.4 Å². The van der Waals surface area contributed by atoms with Gasteiger partial charge in [0.25, 0.3) is 0 Å². The first kappa shape index (κ1) is 32.4. The number of nitrogens with zero attached hydrogens (tertiary/aromatic N) is 1. The van der Waals surface area contributed by atoms with E-state index in [1.165, 1.54) is 6.92 Å². The summed E-state index contributed by atoms with van der Waals surface area (Å²) in [5, 5.41) is 24.5. The molecule has 0 unspecified atom stereocenters. The SMILES string of the molecule is CC(=O)NCc1cccc(-c2ccc([C@H]3O[C@@H](CN4CCC(O)(c5ccc(Cl)cc5)CC4)C[C@@H](c4ccc(CO)cc4)O3)cc2)c1. The van der Waals surface area contributed by atoms with Crippen LogP contribution in [0.25, 0.3) is 11.1 Å². The molecule has 0 aromatic heterocycles. The number of likely N-dealkylation sites (tertiary alicyclic amines) is 1. The van der Waals surface area contributed by atoms with Crippen LogP contribution in [-0.2, 0) is 33.0 Å². The molecule has 46 heavy (non-hydrogen) atoms. The summed E-state index contributed by atoms with van der Waals surface area (Å²) in [5.41, 5.74) is 6.09. The number of nitrogens with one attached hydrogen (secondary N) is 1. The zero-order valence-electron chi connectivity index (χ0n) is 26.1. The number of aliphatic hydroxyl groups is 2. The van der Waals surface area contributed by atoms with E-state index in [1.54, 1.807) is 0 Å². The predicted molar refractivity (Wildman–Crippen MR) is 179 cm³/mol. The van der Waals surface area contributed by atoms with Crippen LogP contribution in [0.5, 0.6) is 0 Å². The van der Waals surface area contributed by atoms with Gasteiger partial charge in [-0.1, -0.05) is 90.5 Å². The van der Waals surface area contributed by atoms with E-state index in [1.807, 2.05) is 60.7 Å². The molecule has 3 N–H and O–H groups in total. The third-order valence-corrected chi connectivity index (χ3v) is 9.38. The summed E-state index contributed by atoms with van der Waals surface area (Å²) in [4.78, 5) is 13.7. The van der Waals surface area contributed by atoms with Crippen LogP contribution in [0.2, 0.25) is 5.02 Å². The minimum absolute atomic E-state index is 0.00000970. The number of hydrogen-bond acceptors (Lipinski definition) is 6. The quantitative estimate of drug-likeness (QED) is 0.189. The van der Waals surface area contributed by atoms with Gasteiger partial charge in [0.15, 0.2) is 6.29 Å². The Morgan fingerprint density at radius 3 is 2.26 bits per heavy atom. The summed E-state index contributed by atoms with van der Waals surface area (Å²) < 4.78 is 13.2. The third kappa shape index (κ3) is 7.86. The summed E-state index contributed by atoms with van der Waals surface area (Å²) >= 11 is 6.08. The lowest BCUT2D eigenvalue weighted by atomic mass is 9.84. The fourth-order valence-corrected chi connectivity index (χ4v) is 6.52. The molecule has 0 spiro atoms. The van der Waals surface area contributed by atoms with E-state index >= 15 is 0 Å². The molecule has 3 atom stereocenters. The van der Waals surface area contributed by atoms with Crippen LogP contribution in [0.4, 0.5) is 0 Å². The summed E-state index contributed by atoms with van der Waals surface area (Å²) in [5.74, 6) is -0.0529. The van der Waals surface area contributed by atoms with Crippen molar-refractivity contribution in [2.24, 2.45) is 0 Å². The molecule has 2 fully saturated rings. The van der Waals surface area contributed by atoms with Gasteiger partial charge in [-0.25, -0.2) is 0 Å². The van der Waals surface area contributed by atoms with Gasteiger partial charge >= 0.3 is 0 Å². The highest BCUT2D eigenvalue weighted by Crippen LogP contribution is 2.40. The lowest BCUT2D eigenvalue weighted by Gasteiger charge is -2.42. The molecular weight excluding hydrogens is 600 g/mol. The molecule has 0 saturated carbocycles. The Kier molecular flexibility index (Phi) is 10.2. The molecule has 2 heterocycles. The Hall–Kier alpha value is -3.56. The fourth-order valence-electron chi connectivity index (χ4n) is 6.40. The molecule has 4 aromatic rings. The molecule has 2 aliphatic heterocycles. The zero-order valence-corrected chi connectivity index (χ0v) is 26.8. The Balaban J connectivity index is 1.16. The normalized spacial score (nSPS) is 21.5. The standard InChI is InChI=1S/C38H41ClN2O5/c1-26(43)40-23-28-3-2-4-32(21-28)29-9-11-31(12-10-29)37-45-35(22-36(46-37)30-7-5-27(25-42)6-8-30)24-41-19-17-38(44,18-20-41)33-13-15-34(39)16-14-33/h2-16,21,35-37,42,44H,17-20,22-25H2,1H3,(H,40,43)/t35-,36+,37+/m1/s1. The van der Waals surface area contributed by atoms with Gasteiger partial charge in [-0.05, 0) is 64.4 Å². The Morgan fingerprint density at radius 2 is 1.59 bits per heavy atom. The third-order valence-electron chi connectivity index (χ3n) is 9.13. The highest BCUT2D eigenvalue weighted by molar-refractivity contribution is 6.30. The number of hydrogen-bond donors (Lipinski definition) is 3. The Labute approximate surface area is 275 Å². The molecule has 8 heteroatoms. The highest BCUT2D eigenvalue weighted by atomic mass is 35.5. The van der Waals surface area contributed by atoms with Gasteiger partial charge < -0.3 is 29.9 Å². The summed E-state index contributed by atoms with van der Waals surface area (Å²) in [6.07, 6.45) is 1.19. The fraction of sp³-hybridized carbons (Fsp3) is 0.342. The van der Waals surface area contributed by atoms with Gasteiger partial charge in [-0.2, -0.15) is 0 Å². The molecule has 0 aliphatic carbocycles. The molecule has 1 amide bonds. The van der Waals surface area contributed by atoms with Crippen molar-refractivity contribution in [3.05, 3.63) is 130 Å². The van der Waals surface area contributed by atoms with E-state index in [4.69, 9.17) is 21.1 Å². The largest absolute Gasteiger partial charge is 0.392 e. The zero-order chi connectivity index (χ0) is 32.1. The average Bonchev–Trinajstić information content (AvgIpc) is 3.09. The predicted octanol–water partition coefficient (Wildman–Crippen LogP) is 6.66. The Bertz CT molecular complexity index is 1600. The van der Waals surface area contributed by atoms with Gasteiger partial charge in [0.1, 0.15) is 0 Å². The Morgan fingerprint density at radius 1 is 0.891 bits per heavy atom. The van der Waals surface area contributed by atoms with Gasteiger partial charge in [-0.3, -0.25) is 4.79 Å². The molecule has 240 valence electrons. The van der Waals surface area contributed by atoms with E-state index in [0.717, 1.165) is 58.6 Å². The molecule has 0 radical (unpaired) electrons. The maximum absolute atomic E-state index is 11.4. The van der Waals surface area contributed by atoms with E-state index in [0.29, 0.717) is 30.8 Å². The lowest BCUT2D eigenvalue weighted by molar-refractivity contribution is -0.253. The minimum Gasteiger partial charge on any atom is -0.392 e. The van der Waals surface area contributed by atoms with Crippen LogP contribution in [-0.4, -0.2) is 46.8 Å². The molecular formula is C38H41ClN2O5. The van der Waals surface area contributed by atoms with E-state index < -0.39 is 11.9 Å². The molecule has 4 aromatic carbocycles. The molecule has 6 rings (SSSR count). The van der Waals surface area contributed by atoms with Crippen LogP contribution >= 0.6 is 11.6 Å². The number of piperidine rings is 1. The van der Waals surface area contributed by atoms with Gasteiger partial charge in [-0.15, -0.1) is 0 Å². The number of ether oxygens (including phenoxy) is 2. The first-order valence-corrected chi connectivity index (χ1v) is 16.3. The van der Waals surface area contributed by atoms with E-state index in [-0.39, 0.29) is 24.7 Å². The van der Waals surface area contributed by atoms with Crippen molar-refractivity contribution < 1.29 is 24.5 Å². The van der Waals surface area contributed by atoms with Crippen molar-refractivity contribution in [3.8, 4) is 11.1 Å². The molecule has 2 aliphatic rings. The van der Waals surface area contributed by atoms with Crippen molar-refractivity contribution in [1.82, 2.24) is 10.2 Å². The first-order chi connectivity index (χ1) is 22.3. The van der Waals surface area contributed by atoms with Gasteiger partial charge in [0.2, 0.25) is 5.91 Å². The summed E-state index contributed by atoms with van der Waals surface area (Å²) in [6.45, 7) is 4.27. The van der Waals surface area contributed by atoms with Crippen LogP contribution in [0.15, 0.2) is 97.1 Å². The lowest BCUT2D eigenvalue weighted by Crippen LogP contribution is -2.46. The van der Waals surface area contributed by atoms with Crippen LogP contribution < -0.4 is 5.32 Å². The number of carbonyl (C=O) groups is 1. The summed E-state index contributed by atoms with van der Waals surface area (Å²) in [6, 6.07) is 31.9. The second-order valence-corrected chi connectivity index (χ2v) is 12.9. The monoisotopic (exact) mass is 640 g/mol. The maximum atomic E-state index is 11.4.